The van der Waals surface area contributed by atoms with Gasteiger partial charge >= 0.3 is 5.97 Å². The van der Waals surface area contributed by atoms with E-state index in [-0.39, 0.29) is 36.2 Å². The molecule has 1 aromatic rings. The van der Waals surface area contributed by atoms with Gasteiger partial charge in [-0.2, -0.15) is 0 Å². The summed E-state index contributed by atoms with van der Waals surface area (Å²) in [5.41, 5.74) is 0.555. The van der Waals surface area contributed by atoms with Gasteiger partial charge in [-0.1, -0.05) is 27.7 Å². The smallest absolute Gasteiger partial charge is 0.309 e. The molecule has 3 rings (SSSR count). The molecule has 7 atom stereocenters. The number of rotatable bonds is 2. The van der Waals surface area contributed by atoms with Gasteiger partial charge in [0.1, 0.15) is 11.9 Å². The zero-order valence-electron chi connectivity index (χ0n) is 21.1. The zero-order chi connectivity index (χ0) is 25.2. The number of hydrogen-bond donors (Lipinski definition) is 2. The van der Waals surface area contributed by atoms with Crippen LogP contribution in [0.3, 0.4) is 0 Å². The number of ether oxygens (including phenoxy) is 2. The molecule has 2 N–H and O–H groups in total. The topological polar surface area (TPSA) is 109 Å². The third-order valence-corrected chi connectivity index (χ3v) is 8.12. The first-order valence-electron chi connectivity index (χ1n) is 12.2. The number of Topliss-reactive ketones (excluding diaryl/α,β-unsaturated/α-hetero) is 1. The number of aliphatic hydroxyl groups is 2. The van der Waals surface area contributed by atoms with E-state index in [9.17, 15) is 19.8 Å². The van der Waals surface area contributed by atoms with Crippen molar-refractivity contribution in [2.75, 3.05) is 0 Å². The van der Waals surface area contributed by atoms with Crippen LogP contribution in [0, 0.1) is 24.2 Å². The molecule has 0 bridgehead atoms. The fraction of sp³-hybridized carbons (Fsp3) is 0.731. The largest absolute Gasteiger partial charge is 0.458 e. The Morgan fingerprint density at radius 1 is 1.18 bits per heavy atom. The maximum absolute atomic E-state index is 13.1. The van der Waals surface area contributed by atoms with Gasteiger partial charge in [-0.25, -0.2) is 4.98 Å². The molecule has 0 radical (unpaired) electrons. The number of ketones is 1. The minimum atomic E-state index is -1.17. The lowest BCUT2D eigenvalue weighted by Gasteiger charge is -2.33. The average Bonchev–Trinajstić information content (AvgIpc) is 3.38. The standard InChI is InChI=1S/C26H39NO6S/c1-14-9-16(3)25(31)26(5,6)23(29)12-24(30)33-21(11-22-20(32-22)8-7-19(14)28)15(2)10-18-13-34-17(4)27-18/h10,13-14,16,19-23,28-29H,7-9,11-12H2,1-6H3/b15-10+/t14-,16-,19+,20-,21?,22+,23+/m1/s1. The van der Waals surface area contributed by atoms with E-state index in [0.29, 0.717) is 19.3 Å². The van der Waals surface area contributed by atoms with Gasteiger partial charge in [-0.15, -0.1) is 11.3 Å². The quantitative estimate of drug-likeness (QED) is 0.472. The van der Waals surface area contributed by atoms with Crippen LogP contribution >= 0.6 is 11.3 Å². The van der Waals surface area contributed by atoms with Gasteiger partial charge in [-0.05, 0) is 50.7 Å². The van der Waals surface area contributed by atoms with Crippen LogP contribution in [0.5, 0.6) is 0 Å². The van der Waals surface area contributed by atoms with Gasteiger partial charge in [0.05, 0.1) is 47.0 Å². The van der Waals surface area contributed by atoms with Crippen LogP contribution in [0.1, 0.15) is 77.4 Å². The van der Waals surface area contributed by atoms with Crippen molar-refractivity contribution in [1.29, 1.82) is 0 Å². The van der Waals surface area contributed by atoms with Gasteiger partial charge in [0.2, 0.25) is 0 Å². The fourth-order valence-corrected chi connectivity index (χ4v) is 5.38. The molecule has 2 aliphatic heterocycles. The highest BCUT2D eigenvalue weighted by Crippen LogP contribution is 2.36. The Morgan fingerprint density at radius 2 is 1.88 bits per heavy atom. The summed E-state index contributed by atoms with van der Waals surface area (Å²) in [5, 5.41) is 24.4. The molecule has 2 fully saturated rings. The molecule has 0 amide bonds. The zero-order valence-corrected chi connectivity index (χ0v) is 21.9. The second-order valence-corrected chi connectivity index (χ2v) is 11.7. The van der Waals surface area contributed by atoms with Crippen molar-refractivity contribution in [3.8, 4) is 0 Å². The number of nitrogens with zero attached hydrogens (tertiary/aromatic N) is 1. The molecule has 1 unspecified atom stereocenters. The van der Waals surface area contributed by atoms with Crippen LogP contribution < -0.4 is 0 Å². The second kappa shape index (κ2) is 11.0. The normalized spacial score (nSPS) is 36.0. The molecule has 2 aliphatic rings. The monoisotopic (exact) mass is 493 g/mol. The molecular weight excluding hydrogens is 454 g/mol. The lowest BCUT2D eigenvalue weighted by Crippen LogP contribution is -2.42. The van der Waals surface area contributed by atoms with Crippen molar-refractivity contribution < 1.29 is 29.3 Å². The summed E-state index contributed by atoms with van der Waals surface area (Å²) in [6.45, 7) is 11.0. The summed E-state index contributed by atoms with van der Waals surface area (Å²) in [4.78, 5) is 30.4. The third kappa shape index (κ3) is 6.74. The molecule has 0 aliphatic carbocycles. The Hall–Kier alpha value is -1.61. The summed E-state index contributed by atoms with van der Waals surface area (Å²) in [6, 6.07) is 0. The number of thiazole rings is 1. The molecule has 1 aromatic heterocycles. The number of fused-ring (bicyclic) bond motifs is 1. The Balaban J connectivity index is 1.82. The van der Waals surface area contributed by atoms with E-state index < -0.39 is 29.7 Å². The Morgan fingerprint density at radius 3 is 2.53 bits per heavy atom. The molecule has 34 heavy (non-hydrogen) atoms. The van der Waals surface area contributed by atoms with Crippen molar-refractivity contribution in [2.24, 2.45) is 17.3 Å². The summed E-state index contributed by atoms with van der Waals surface area (Å²) in [5.74, 6) is -1.05. The SMILES string of the molecule is C/C(=C\c1csc(C)n1)C1C[C@@H]2O[C@@H]2CC[C@H](O)[C@H](C)C[C@@H](C)C(=O)C(C)(C)[C@@H](O)CC(=O)O1. The van der Waals surface area contributed by atoms with Crippen molar-refractivity contribution in [3.63, 3.8) is 0 Å². The minimum absolute atomic E-state index is 0.0221. The summed E-state index contributed by atoms with van der Waals surface area (Å²) in [6.07, 6.45) is 1.75. The van der Waals surface area contributed by atoms with Crippen LogP contribution in [0.4, 0.5) is 0 Å². The predicted octanol–water partition coefficient (Wildman–Crippen LogP) is 4.09. The van der Waals surface area contributed by atoms with Gasteiger partial charge in [0.25, 0.3) is 0 Å². The first-order chi connectivity index (χ1) is 15.9. The summed E-state index contributed by atoms with van der Waals surface area (Å²) < 4.78 is 11.7. The van der Waals surface area contributed by atoms with Gasteiger partial charge in [0, 0.05) is 17.7 Å². The number of aromatic nitrogens is 1. The molecule has 7 nitrogen and oxygen atoms in total. The van der Waals surface area contributed by atoms with Crippen LogP contribution in [0.25, 0.3) is 6.08 Å². The second-order valence-electron chi connectivity index (χ2n) is 10.7. The molecule has 3 heterocycles. The Labute approximate surface area is 206 Å². The first kappa shape index (κ1) is 27.0. The number of aliphatic hydroxyl groups excluding tert-OH is 2. The molecule has 2 saturated heterocycles. The number of epoxide rings is 1. The Bertz CT molecular complexity index is 909. The number of hydrogen-bond acceptors (Lipinski definition) is 8. The molecule has 0 aromatic carbocycles. The molecule has 0 saturated carbocycles. The number of carbonyl (C=O) groups is 2. The van der Waals surface area contributed by atoms with Gasteiger partial charge in [0.15, 0.2) is 0 Å². The number of aryl methyl sites for hydroxylation is 1. The minimum Gasteiger partial charge on any atom is -0.458 e. The maximum atomic E-state index is 13.1. The molecule has 0 spiro atoms. The lowest BCUT2D eigenvalue weighted by molar-refractivity contribution is -0.153. The van der Waals surface area contributed by atoms with E-state index >= 15 is 0 Å². The molecule has 8 heteroatoms. The van der Waals surface area contributed by atoms with E-state index in [1.807, 2.05) is 39.2 Å². The highest BCUT2D eigenvalue weighted by molar-refractivity contribution is 7.09. The van der Waals surface area contributed by atoms with Crippen molar-refractivity contribution in [2.45, 2.75) is 104 Å². The van der Waals surface area contributed by atoms with E-state index in [0.717, 1.165) is 22.7 Å². The van der Waals surface area contributed by atoms with Crippen LogP contribution in [0.15, 0.2) is 11.0 Å². The highest BCUT2D eigenvalue weighted by Gasteiger charge is 2.43. The van der Waals surface area contributed by atoms with E-state index in [4.69, 9.17) is 9.47 Å². The molecular formula is C26H39NO6S. The van der Waals surface area contributed by atoms with Crippen molar-refractivity contribution >= 4 is 29.2 Å². The van der Waals surface area contributed by atoms with Crippen LogP contribution in [-0.2, 0) is 19.1 Å². The van der Waals surface area contributed by atoms with Gasteiger partial charge in [-0.3, -0.25) is 9.59 Å². The van der Waals surface area contributed by atoms with E-state index in [2.05, 4.69) is 4.98 Å². The highest BCUT2D eigenvalue weighted by atomic mass is 32.1. The third-order valence-electron chi connectivity index (χ3n) is 7.33. The number of carbonyl (C=O) groups excluding carboxylic acids is 2. The average molecular weight is 494 g/mol. The van der Waals surface area contributed by atoms with Crippen molar-refractivity contribution in [3.05, 3.63) is 21.7 Å². The molecule has 190 valence electrons. The summed E-state index contributed by atoms with van der Waals surface area (Å²) in [7, 11) is 0. The van der Waals surface area contributed by atoms with E-state index in [1.165, 1.54) is 0 Å². The van der Waals surface area contributed by atoms with Crippen LogP contribution in [0.2, 0.25) is 0 Å². The fourth-order valence-electron chi connectivity index (χ4n) is 4.81. The number of esters is 1. The van der Waals surface area contributed by atoms with Crippen molar-refractivity contribution in [1.82, 2.24) is 4.98 Å². The van der Waals surface area contributed by atoms with E-state index in [1.54, 1.807) is 25.2 Å². The first-order valence-corrected chi connectivity index (χ1v) is 13.1. The van der Waals surface area contributed by atoms with Gasteiger partial charge < -0.3 is 19.7 Å². The maximum Gasteiger partial charge on any atom is 0.309 e. The number of cyclic esters (lactones) is 1. The lowest BCUT2D eigenvalue weighted by atomic mass is 9.73. The predicted molar refractivity (Wildman–Crippen MR) is 131 cm³/mol. The van der Waals surface area contributed by atoms with Crippen LogP contribution in [-0.4, -0.2) is 57.5 Å². The summed E-state index contributed by atoms with van der Waals surface area (Å²) >= 11 is 1.55. The Kier molecular flexibility index (Phi) is 8.71.